The number of rotatable bonds is 8. The van der Waals surface area contributed by atoms with Crippen molar-refractivity contribution in [3.63, 3.8) is 0 Å². The van der Waals surface area contributed by atoms with Crippen molar-refractivity contribution in [3.05, 3.63) is 23.2 Å². The zero-order valence-corrected chi connectivity index (χ0v) is 11.1. The summed E-state index contributed by atoms with van der Waals surface area (Å²) in [5.74, 6) is 0. The minimum Gasteiger partial charge on any atom is -0.397 e. The van der Waals surface area contributed by atoms with Gasteiger partial charge < -0.3 is 15.8 Å². The molecular formula is C13H21ClN2O. The van der Waals surface area contributed by atoms with Gasteiger partial charge in [0.05, 0.1) is 16.4 Å². The first-order valence-electron chi connectivity index (χ1n) is 6.11. The number of hydrogen-bond donors (Lipinski definition) is 2. The number of hydrogen-bond acceptors (Lipinski definition) is 3. The van der Waals surface area contributed by atoms with Crippen LogP contribution < -0.4 is 11.1 Å². The first-order chi connectivity index (χ1) is 8.25. The van der Waals surface area contributed by atoms with Crippen molar-refractivity contribution < 1.29 is 4.74 Å². The van der Waals surface area contributed by atoms with Crippen LogP contribution in [0.3, 0.4) is 0 Å². The summed E-state index contributed by atoms with van der Waals surface area (Å²) in [5.41, 5.74) is 7.33. The highest BCUT2D eigenvalue weighted by Crippen LogP contribution is 2.27. The van der Waals surface area contributed by atoms with E-state index >= 15 is 0 Å². The topological polar surface area (TPSA) is 47.3 Å². The van der Waals surface area contributed by atoms with Crippen LogP contribution in [-0.2, 0) is 4.74 Å². The van der Waals surface area contributed by atoms with Crippen molar-refractivity contribution in [2.24, 2.45) is 0 Å². The monoisotopic (exact) mass is 256 g/mol. The number of nitrogen functional groups attached to an aromatic ring is 1. The van der Waals surface area contributed by atoms with E-state index in [1.165, 1.54) is 6.42 Å². The molecule has 3 N–H and O–H groups in total. The van der Waals surface area contributed by atoms with Gasteiger partial charge in [-0.25, -0.2) is 0 Å². The van der Waals surface area contributed by atoms with Crippen LogP contribution in [0.5, 0.6) is 0 Å². The Hall–Kier alpha value is -0.930. The molecule has 0 aliphatic carbocycles. The Balaban J connectivity index is 2.18. The van der Waals surface area contributed by atoms with Crippen LogP contribution in [0.15, 0.2) is 18.2 Å². The molecule has 0 atom stereocenters. The molecule has 0 aliphatic rings. The third-order valence-electron chi connectivity index (χ3n) is 2.46. The molecule has 17 heavy (non-hydrogen) atoms. The number of para-hydroxylation sites is 1. The van der Waals surface area contributed by atoms with E-state index in [9.17, 15) is 0 Å². The van der Waals surface area contributed by atoms with Gasteiger partial charge in [0.15, 0.2) is 0 Å². The standard InChI is InChI=1S/C13H21ClN2O/c1-2-3-9-17-10-5-8-16-13-11(14)6-4-7-12(13)15/h4,6-7,16H,2-3,5,8-10,15H2,1H3. The van der Waals surface area contributed by atoms with Crippen molar-refractivity contribution in [2.75, 3.05) is 30.8 Å². The quantitative estimate of drug-likeness (QED) is 0.552. The van der Waals surface area contributed by atoms with Crippen molar-refractivity contribution in [1.29, 1.82) is 0 Å². The minimum absolute atomic E-state index is 0.664. The molecule has 0 fully saturated rings. The van der Waals surface area contributed by atoms with E-state index in [0.29, 0.717) is 10.7 Å². The Bertz CT molecular complexity index is 311. The molecular weight excluding hydrogens is 236 g/mol. The van der Waals surface area contributed by atoms with Crippen LogP contribution in [0.25, 0.3) is 0 Å². The highest BCUT2D eigenvalue weighted by Gasteiger charge is 2.02. The van der Waals surface area contributed by atoms with Crippen LogP contribution in [0, 0.1) is 0 Å². The first kappa shape index (κ1) is 14.1. The van der Waals surface area contributed by atoms with Gasteiger partial charge in [-0.05, 0) is 25.0 Å². The lowest BCUT2D eigenvalue weighted by molar-refractivity contribution is 0.131. The smallest absolute Gasteiger partial charge is 0.0763 e. The average molecular weight is 257 g/mol. The molecule has 0 saturated heterocycles. The predicted molar refractivity (Wildman–Crippen MR) is 74.7 cm³/mol. The van der Waals surface area contributed by atoms with E-state index in [1.807, 2.05) is 18.2 Å². The Morgan fingerprint density at radius 1 is 1.29 bits per heavy atom. The second kappa shape index (κ2) is 8.20. The highest BCUT2D eigenvalue weighted by molar-refractivity contribution is 6.33. The summed E-state index contributed by atoms with van der Waals surface area (Å²) in [7, 11) is 0. The molecule has 1 aromatic rings. The molecule has 0 unspecified atom stereocenters. The SMILES string of the molecule is CCCCOCCCNc1c(N)cccc1Cl. The van der Waals surface area contributed by atoms with Gasteiger partial charge in [0.1, 0.15) is 0 Å². The van der Waals surface area contributed by atoms with Gasteiger partial charge in [-0.2, -0.15) is 0 Å². The number of benzene rings is 1. The molecule has 1 aromatic carbocycles. The van der Waals surface area contributed by atoms with Crippen LogP contribution in [0.1, 0.15) is 26.2 Å². The van der Waals surface area contributed by atoms with Crippen molar-refractivity contribution >= 4 is 23.0 Å². The molecule has 0 saturated carbocycles. The number of unbranched alkanes of at least 4 members (excludes halogenated alkanes) is 1. The van der Waals surface area contributed by atoms with Crippen molar-refractivity contribution in [3.8, 4) is 0 Å². The van der Waals surface area contributed by atoms with Gasteiger partial charge in [0, 0.05) is 19.8 Å². The van der Waals surface area contributed by atoms with Gasteiger partial charge in [-0.15, -0.1) is 0 Å². The zero-order chi connectivity index (χ0) is 12.5. The summed E-state index contributed by atoms with van der Waals surface area (Å²) >= 11 is 6.04. The molecule has 3 nitrogen and oxygen atoms in total. The molecule has 0 bridgehead atoms. The molecule has 0 heterocycles. The zero-order valence-electron chi connectivity index (χ0n) is 10.3. The van der Waals surface area contributed by atoms with E-state index in [-0.39, 0.29) is 0 Å². The maximum Gasteiger partial charge on any atom is 0.0763 e. The lowest BCUT2D eigenvalue weighted by atomic mass is 10.2. The van der Waals surface area contributed by atoms with Gasteiger partial charge >= 0.3 is 0 Å². The summed E-state index contributed by atoms with van der Waals surface area (Å²) in [6.07, 6.45) is 3.26. The predicted octanol–water partition coefficient (Wildman–Crippen LogP) is 3.54. The van der Waals surface area contributed by atoms with Gasteiger partial charge in [-0.1, -0.05) is 31.0 Å². The maximum absolute atomic E-state index is 6.04. The van der Waals surface area contributed by atoms with E-state index in [1.54, 1.807) is 0 Å². The first-order valence-corrected chi connectivity index (χ1v) is 6.49. The third-order valence-corrected chi connectivity index (χ3v) is 2.77. The van der Waals surface area contributed by atoms with E-state index < -0.39 is 0 Å². The average Bonchev–Trinajstić information content (AvgIpc) is 2.31. The molecule has 0 aromatic heterocycles. The highest BCUT2D eigenvalue weighted by atomic mass is 35.5. The Morgan fingerprint density at radius 3 is 2.76 bits per heavy atom. The van der Waals surface area contributed by atoms with Crippen molar-refractivity contribution in [2.45, 2.75) is 26.2 Å². The van der Waals surface area contributed by atoms with Crippen LogP contribution in [-0.4, -0.2) is 19.8 Å². The summed E-state index contributed by atoms with van der Waals surface area (Å²) in [6.45, 7) is 4.60. The Labute approximate surface area is 108 Å². The number of halogens is 1. The lowest BCUT2D eigenvalue weighted by Crippen LogP contribution is -2.08. The minimum atomic E-state index is 0.664. The third kappa shape index (κ3) is 5.29. The van der Waals surface area contributed by atoms with Gasteiger partial charge in [0.25, 0.3) is 0 Å². The van der Waals surface area contributed by atoms with Crippen LogP contribution in [0.4, 0.5) is 11.4 Å². The van der Waals surface area contributed by atoms with Gasteiger partial charge in [-0.3, -0.25) is 0 Å². The fourth-order valence-electron chi connectivity index (χ4n) is 1.46. The van der Waals surface area contributed by atoms with Crippen LogP contribution in [0.2, 0.25) is 5.02 Å². The van der Waals surface area contributed by atoms with Crippen LogP contribution >= 0.6 is 11.6 Å². The lowest BCUT2D eigenvalue weighted by Gasteiger charge is -2.11. The molecule has 1 rings (SSSR count). The second-order valence-electron chi connectivity index (χ2n) is 3.95. The van der Waals surface area contributed by atoms with E-state index in [4.69, 9.17) is 22.1 Å². The second-order valence-corrected chi connectivity index (χ2v) is 4.36. The molecule has 0 amide bonds. The number of ether oxygens (including phenoxy) is 1. The Kier molecular flexibility index (Phi) is 6.82. The molecule has 96 valence electrons. The molecule has 0 aliphatic heterocycles. The van der Waals surface area contributed by atoms with Crippen molar-refractivity contribution in [1.82, 2.24) is 0 Å². The Morgan fingerprint density at radius 2 is 2.06 bits per heavy atom. The summed E-state index contributed by atoms with van der Waals surface area (Å²) in [5, 5.41) is 3.90. The summed E-state index contributed by atoms with van der Waals surface area (Å²) < 4.78 is 5.47. The summed E-state index contributed by atoms with van der Waals surface area (Å²) in [6, 6.07) is 5.51. The summed E-state index contributed by atoms with van der Waals surface area (Å²) in [4.78, 5) is 0. The van der Waals surface area contributed by atoms with Gasteiger partial charge in [0.2, 0.25) is 0 Å². The fourth-order valence-corrected chi connectivity index (χ4v) is 1.71. The molecule has 0 radical (unpaired) electrons. The van der Waals surface area contributed by atoms with E-state index in [0.717, 1.165) is 38.3 Å². The van der Waals surface area contributed by atoms with E-state index in [2.05, 4.69) is 12.2 Å². The largest absolute Gasteiger partial charge is 0.397 e. The molecule has 0 spiro atoms. The number of nitrogens with one attached hydrogen (secondary N) is 1. The maximum atomic E-state index is 6.04. The normalized spacial score (nSPS) is 10.5. The number of nitrogens with two attached hydrogens (primary N) is 1. The number of anilines is 2. The fraction of sp³-hybridized carbons (Fsp3) is 0.538. The molecule has 4 heteroatoms.